The number of hydrogen-bond acceptors (Lipinski definition) is 6. The van der Waals surface area contributed by atoms with E-state index in [2.05, 4.69) is 18.9 Å². The van der Waals surface area contributed by atoms with Crippen molar-refractivity contribution >= 4 is 5.97 Å². The van der Waals surface area contributed by atoms with Gasteiger partial charge in [0.15, 0.2) is 11.5 Å². The highest BCUT2D eigenvalue weighted by atomic mass is 16.7. The standard InChI is InChI=1S/C21H27NO5/c1-3-4-7-24-17-8-12-5-6-22(2)19(12)18-13-9-15-16(26-11-25-15)10-14(13)21(23)27-20(17)18/h9-10,12,17-20H,3-8,11H2,1-2H3/t12-,17-,18+,19-,20+/m1/s1. The molecule has 3 heterocycles. The summed E-state index contributed by atoms with van der Waals surface area (Å²) >= 11 is 0. The maximum atomic E-state index is 12.8. The Morgan fingerprint density at radius 2 is 2.07 bits per heavy atom. The second-order valence-corrected chi connectivity index (χ2v) is 8.21. The predicted molar refractivity (Wildman–Crippen MR) is 98.3 cm³/mol. The molecular weight excluding hydrogens is 346 g/mol. The first-order chi connectivity index (χ1) is 13.2. The Kier molecular flexibility index (Phi) is 4.28. The molecular formula is C21H27NO5. The molecule has 0 amide bonds. The molecule has 1 aromatic rings. The summed E-state index contributed by atoms with van der Waals surface area (Å²) in [5.74, 6) is 1.77. The highest BCUT2D eigenvalue weighted by molar-refractivity contribution is 5.94. The molecule has 0 unspecified atom stereocenters. The van der Waals surface area contributed by atoms with Crippen molar-refractivity contribution in [2.75, 3.05) is 27.0 Å². The van der Waals surface area contributed by atoms with Crippen molar-refractivity contribution in [3.63, 3.8) is 0 Å². The second kappa shape index (κ2) is 6.67. The second-order valence-electron chi connectivity index (χ2n) is 8.21. The Labute approximate surface area is 159 Å². The molecule has 6 heteroatoms. The van der Waals surface area contributed by atoms with Gasteiger partial charge in [-0.25, -0.2) is 4.79 Å². The summed E-state index contributed by atoms with van der Waals surface area (Å²) in [7, 11) is 2.18. The van der Waals surface area contributed by atoms with Gasteiger partial charge < -0.3 is 23.8 Å². The lowest BCUT2D eigenvalue weighted by atomic mass is 9.69. The minimum Gasteiger partial charge on any atom is -0.455 e. The van der Waals surface area contributed by atoms with E-state index < -0.39 is 0 Å². The predicted octanol–water partition coefficient (Wildman–Crippen LogP) is 2.95. The summed E-state index contributed by atoms with van der Waals surface area (Å²) in [5.41, 5.74) is 1.65. The lowest BCUT2D eigenvalue weighted by Crippen LogP contribution is -2.55. The molecule has 1 saturated heterocycles. The number of likely N-dealkylation sites (tertiary alicyclic amines) is 1. The van der Waals surface area contributed by atoms with E-state index >= 15 is 0 Å². The van der Waals surface area contributed by atoms with Gasteiger partial charge in [-0.15, -0.1) is 0 Å². The number of hydrogen-bond donors (Lipinski definition) is 0. The van der Waals surface area contributed by atoms with Gasteiger partial charge in [-0.1, -0.05) is 13.3 Å². The maximum absolute atomic E-state index is 12.8. The molecule has 6 nitrogen and oxygen atoms in total. The fraction of sp³-hybridized carbons (Fsp3) is 0.667. The fourth-order valence-corrected chi connectivity index (χ4v) is 5.38. The Balaban J connectivity index is 1.55. The van der Waals surface area contributed by atoms with Crippen molar-refractivity contribution in [1.29, 1.82) is 0 Å². The average Bonchev–Trinajstić information content (AvgIpc) is 3.27. The van der Waals surface area contributed by atoms with Crippen LogP contribution in [-0.4, -0.2) is 56.1 Å². The number of rotatable bonds is 4. The minimum atomic E-state index is -0.271. The van der Waals surface area contributed by atoms with E-state index in [9.17, 15) is 4.79 Å². The number of fused-ring (bicyclic) bond motifs is 6. The Bertz CT molecular complexity index is 750. The van der Waals surface area contributed by atoms with Gasteiger partial charge in [-0.3, -0.25) is 0 Å². The lowest BCUT2D eigenvalue weighted by Gasteiger charge is -2.48. The lowest BCUT2D eigenvalue weighted by molar-refractivity contribution is -0.107. The van der Waals surface area contributed by atoms with Crippen LogP contribution >= 0.6 is 0 Å². The van der Waals surface area contributed by atoms with Crippen LogP contribution in [0, 0.1) is 5.92 Å². The normalized spacial score (nSPS) is 34.0. The van der Waals surface area contributed by atoms with Crippen LogP contribution in [0.5, 0.6) is 11.5 Å². The van der Waals surface area contributed by atoms with Crippen molar-refractivity contribution in [3.8, 4) is 11.5 Å². The van der Waals surface area contributed by atoms with E-state index in [4.69, 9.17) is 18.9 Å². The van der Waals surface area contributed by atoms with E-state index in [0.29, 0.717) is 23.3 Å². The number of carbonyl (C=O) groups excluding carboxylic acids is 1. The zero-order valence-corrected chi connectivity index (χ0v) is 16.0. The largest absolute Gasteiger partial charge is 0.455 e. The Hall–Kier alpha value is -1.79. The molecule has 2 fully saturated rings. The van der Waals surface area contributed by atoms with Gasteiger partial charge in [-0.05, 0) is 56.5 Å². The number of esters is 1. The SMILES string of the molecule is CCCCO[C@@H]1C[C@H]2CCN(C)[C@H]2[C@@H]2c3cc4c(cc3C(=O)O[C@H]21)OCO4. The minimum absolute atomic E-state index is 0.0307. The smallest absolute Gasteiger partial charge is 0.338 e. The molecule has 0 bridgehead atoms. The van der Waals surface area contributed by atoms with E-state index in [0.717, 1.165) is 43.7 Å². The number of likely N-dealkylation sites (N-methyl/N-ethyl adjacent to an activating group) is 1. The van der Waals surface area contributed by atoms with Crippen molar-refractivity contribution in [2.24, 2.45) is 5.92 Å². The molecule has 3 aliphatic heterocycles. The van der Waals surface area contributed by atoms with Crippen molar-refractivity contribution in [1.82, 2.24) is 4.90 Å². The van der Waals surface area contributed by atoms with Crippen LogP contribution in [-0.2, 0) is 9.47 Å². The summed E-state index contributed by atoms with van der Waals surface area (Å²) in [5, 5.41) is 0. The number of carbonyl (C=O) groups is 1. The third kappa shape index (κ3) is 2.72. The first-order valence-corrected chi connectivity index (χ1v) is 10.1. The Morgan fingerprint density at radius 1 is 1.26 bits per heavy atom. The van der Waals surface area contributed by atoms with Crippen LogP contribution in [0.2, 0.25) is 0 Å². The first-order valence-electron chi connectivity index (χ1n) is 10.1. The molecule has 0 N–H and O–H groups in total. The molecule has 27 heavy (non-hydrogen) atoms. The monoisotopic (exact) mass is 373 g/mol. The highest BCUT2D eigenvalue weighted by Crippen LogP contribution is 2.51. The zero-order valence-electron chi connectivity index (χ0n) is 16.0. The third-order valence-corrected chi connectivity index (χ3v) is 6.66. The van der Waals surface area contributed by atoms with E-state index in [1.807, 2.05) is 6.07 Å². The summed E-state index contributed by atoms with van der Waals surface area (Å²) in [4.78, 5) is 15.2. The van der Waals surface area contributed by atoms with Crippen LogP contribution in [0.1, 0.15) is 54.4 Å². The van der Waals surface area contributed by atoms with Crippen LogP contribution in [0.3, 0.4) is 0 Å². The topological polar surface area (TPSA) is 57.2 Å². The number of ether oxygens (including phenoxy) is 4. The van der Waals surface area contributed by atoms with Gasteiger partial charge in [-0.2, -0.15) is 0 Å². The van der Waals surface area contributed by atoms with E-state index in [1.165, 1.54) is 6.42 Å². The molecule has 0 spiro atoms. The van der Waals surface area contributed by atoms with E-state index in [-0.39, 0.29) is 30.9 Å². The van der Waals surface area contributed by atoms with Crippen LogP contribution < -0.4 is 9.47 Å². The molecule has 1 saturated carbocycles. The maximum Gasteiger partial charge on any atom is 0.338 e. The highest BCUT2D eigenvalue weighted by Gasteiger charge is 2.54. The van der Waals surface area contributed by atoms with E-state index in [1.54, 1.807) is 6.07 Å². The van der Waals surface area contributed by atoms with Crippen molar-refractivity contribution in [3.05, 3.63) is 23.3 Å². The summed E-state index contributed by atoms with van der Waals surface area (Å²) < 4.78 is 23.3. The molecule has 1 aliphatic carbocycles. The van der Waals surface area contributed by atoms with Crippen LogP contribution in [0.25, 0.3) is 0 Å². The van der Waals surface area contributed by atoms with Crippen LogP contribution in [0.15, 0.2) is 12.1 Å². The number of nitrogens with zero attached hydrogens (tertiary/aromatic N) is 1. The van der Waals surface area contributed by atoms with Gasteiger partial charge >= 0.3 is 5.97 Å². The summed E-state index contributed by atoms with van der Waals surface area (Å²) in [6, 6.07) is 4.17. The molecule has 1 aromatic carbocycles. The van der Waals surface area contributed by atoms with Gasteiger partial charge in [0.2, 0.25) is 6.79 Å². The first kappa shape index (κ1) is 17.3. The van der Waals surface area contributed by atoms with Gasteiger partial charge in [0.1, 0.15) is 6.10 Å². The molecule has 4 aliphatic rings. The average molecular weight is 373 g/mol. The summed E-state index contributed by atoms with van der Waals surface area (Å²) in [6.07, 6.45) is 4.01. The zero-order chi connectivity index (χ0) is 18.5. The third-order valence-electron chi connectivity index (χ3n) is 6.66. The van der Waals surface area contributed by atoms with Crippen molar-refractivity contribution < 1.29 is 23.7 Å². The molecule has 0 aromatic heterocycles. The number of unbranched alkanes of at least 4 members (excludes halogenated alkanes) is 1. The van der Waals surface area contributed by atoms with Crippen molar-refractivity contribution in [2.45, 2.75) is 56.8 Å². The molecule has 0 radical (unpaired) electrons. The number of benzene rings is 1. The molecule has 146 valence electrons. The van der Waals surface area contributed by atoms with Gasteiger partial charge in [0.25, 0.3) is 0 Å². The molecule has 5 atom stereocenters. The van der Waals surface area contributed by atoms with Crippen LogP contribution in [0.4, 0.5) is 0 Å². The quantitative estimate of drug-likeness (QED) is 0.597. The van der Waals surface area contributed by atoms with Gasteiger partial charge in [0, 0.05) is 18.6 Å². The fourth-order valence-electron chi connectivity index (χ4n) is 5.38. The summed E-state index contributed by atoms with van der Waals surface area (Å²) in [6.45, 7) is 4.17. The Morgan fingerprint density at radius 3 is 2.89 bits per heavy atom. The molecule has 5 rings (SSSR count). The van der Waals surface area contributed by atoms with Gasteiger partial charge in [0.05, 0.1) is 11.7 Å².